The van der Waals surface area contributed by atoms with Gasteiger partial charge in [0, 0.05) is 18.5 Å². The first-order valence-electron chi connectivity index (χ1n) is 6.64. The van der Waals surface area contributed by atoms with Crippen LogP contribution in [0.25, 0.3) is 0 Å². The Kier molecular flexibility index (Phi) is 4.54. The molecular weight excluding hydrogens is 282 g/mol. The van der Waals surface area contributed by atoms with Gasteiger partial charge < -0.3 is 0 Å². The second kappa shape index (κ2) is 5.81. The summed E-state index contributed by atoms with van der Waals surface area (Å²) in [6.45, 7) is 4.44. The maximum absolute atomic E-state index is 12.8. The fraction of sp³-hybridized carbons (Fsp3) is 0.571. The molecule has 0 radical (unpaired) electrons. The lowest BCUT2D eigenvalue weighted by molar-refractivity contribution is 0.268. The lowest BCUT2D eigenvalue weighted by Gasteiger charge is -2.32. The highest BCUT2D eigenvalue weighted by Gasteiger charge is 2.31. The average Bonchev–Trinajstić information content (AvgIpc) is 2.39. The maximum Gasteiger partial charge on any atom is 0.243 e. The minimum atomic E-state index is -3.40. The van der Waals surface area contributed by atoms with Crippen LogP contribution in [0.2, 0.25) is 0 Å². The van der Waals surface area contributed by atoms with Crippen molar-refractivity contribution in [2.24, 2.45) is 0 Å². The summed E-state index contributed by atoms with van der Waals surface area (Å²) in [7, 11) is -3.40. The van der Waals surface area contributed by atoms with Gasteiger partial charge in [-0.05, 0) is 43.9 Å². The normalized spacial score (nSPS) is 21.5. The Morgan fingerprint density at radius 2 is 2.11 bits per heavy atom. The van der Waals surface area contributed by atoms with Gasteiger partial charge in [0.2, 0.25) is 10.0 Å². The molecule has 1 fully saturated rings. The zero-order chi connectivity index (χ0) is 14.0. The Morgan fingerprint density at radius 1 is 1.37 bits per heavy atom. The molecule has 0 N–H and O–H groups in total. The number of sulfonamides is 1. The second-order valence-corrected chi connectivity index (χ2v) is 7.32. The molecule has 0 aliphatic carbocycles. The van der Waals surface area contributed by atoms with Crippen molar-refractivity contribution in [1.29, 1.82) is 0 Å². The summed E-state index contributed by atoms with van der Waals surface area (Å²) in [4.78, 5) is 0.402. The number of aryl methyl sites for hydroxylation is 1. The molecule has 1 atom stereocenters. The molecular formula is C14H20ClNO2S. The standard InChI is InChI=1S/C14H20ClNO2S/c1-11-6-7-13(10-15)9-14(11)19(17,18)16-8-4-3-5-12(16)2/h6-7,9,12H,3-5,8,10H2,1-2H3. The predicted molar refractivity (Wildman–Crippen MR) is 77.9 cm³/mol. The van der Waals surface area contributed by atoms with Gasteiger partial charge in [-0.2, -0.15) is 4.31 Å². The summed E-state index contributed by atoms with van der Waals surface area (Å²) in [6, 6.07) is 5.50. The zero-order valence-electron chi connectivity index (χ0n) is 11.4. The van der Waals surface area contributed by atoms with Crippen molar-refractivity contribution in [3.63, 3.8) is 0 Å². The third-order valence-electron chi connectivity index (χ3n) is 3.74. The molecule has 0 spiro atoms. The Balaban J connectivity index is 2.43. The number of alkyl halides is 1. The number of hydrogen-bond donors (Lipinski definition) is 0. The largest absolute Gasteiger partial charge is 0.243 e. The van der Waals surface area contributed by atoms with Gasteiger partial charge in [-0.25, -0.2) is 8.42 Å². The third-order valence-corrected chi connectivity index (χ3v) is 6.20. The van der Waals surface area contributed by atoms with E-state index >= 15 is 0 Å². The van der Waals surface area contributed by atoms with Crippen molar-refractivity contribution >= 4 is 21.6 Å². The van der Waals surface area contributed by atoms with Crippen LogP contribution >= 0.6 is 11.6 Å². The van der Waals surface area contributed by atoms with Crippen LogP contribution in [-0.2, 0) is 15.9 Å². The van der Waals surface area contributed by atoms with Crippen molar-refractivity contribution in [2.75, 3.05) is 6.54 Å². The lowest BCUT2D eigenvalue weighted by atomic mass is 10.1. The van der Waals surface area contributed by atoms with E-state index in [1.807, 2.05) is 26.0 Å². The Morgan fingerprint density at radius 3 is 2.74 bits per heavy atom. The van der Waals surface area contributed by atoms with E-state index in [-0.39, 0.29) is 6.04 Å². The quantitative estimate of drug-likeness (QED) is 0.803. The first-order chi connectivity index (χ1) is 8.96. The number of halogens is 1. The number of nitrogens with zero attached hydrogens (tertiary/aromatic N) is 1. The zero-order valence-corrected chi connectivity index (χ0v) is 13.0. The van der Waals surface area contributed by atoms with Gasteiger partial charge in [0.25, 0.3) is 0 Å². The van der Waals surface area contributed by atoms with Gasteiger partial charge in [-0.3, -0.25) is 0 Å². The highest BCUT2D eigenvalue weighted by atomic mass is 35.5. The van der Waals surface area contributed by atoms with Crippen molar-refractivity contribution in [2.45, 2.75) is 49.9 Å². The van der Waals surface area contributed by atoms with Gasteiger partial charge in [0.05, 0.1) is 4.90 Å². The van der Waals surface area contributed by atoms with E-state index in [0.717, 1.165) is 30.4 Å². The molecule has 0 bridgehead atoms. The predicted octanol–water partition coefficient (Wildman–Crippen LogP) is 3.30. The first-order valence-corrected chi connectivity index (χ1v) is 8.61. The van der Waals surface area contributed by atoms with Crippen LogP contribution in [0.5, 0.6) is 0 Å². The van der Waals surface area contributed by atoms with Crippen LogP contribution in [0, 0.1) is 6.92 Å². The minimum absolute atomic E-state index is 0.0813. The van der Waals surface area contributed by atoms with Crippen LogP contribution in [0.4, 0.5) is 0 Å². The number of hydrogen-bond acceptors (Lipinski definition) is 2. The Bertz CT molecular complexity index is 557. The monoisotopic (exact) mass is 301 g/mol. The molecule has 1 unspecified atom stereocenters. The SMILES string of the molecule is Cc1ccc(CCl)cc1S(=O)(=O)N1CCCCC1C. The molecule has 19 heavy (non-hydrogen) atoms. The van der Waals surface area contributed by atoms with Gasteiger partial charge in [0.1, 0.15) is 0 Å². The van der Waals surface area contributed by atoms with E-state index in [9.17, 15) is 8.42 Å². The molecule has 106 valence electrons. The van der Waals surface area contributed by atoms with Gasteiger partial charge in [-0.1, -0.05) is 18.6 Å². The smallest absolute Gasteiger partial charge is 0.207 e. The molecule has 3 nitrogen and oxygen atoms in total. The molecule has 1 aliphatic rings. The summed E-state index contributed by atoms with van der Waals surface area (Å²) in [5, 5.41) is 0. The Labute approximate surface area is 120 Å². The summed E-state index contributed by atoms with van der Waals surface area (Å²) >= 11 is 5.81. The average molecular weight is 302 g/mol. The summed E-state index contributed by atoms with van der Waals surface area (Å²) in [6.07, 6.45) is 2.99. The van der Waals surface area contributed by atoms with Gasteiger partial charge in [0.15, 0.2) is 0 Å². The molecule has 1 saturated heterocycles. The molecule has 5 heteroatoms. The molecule has 1 aromatic rings. The summed E-state index contributed by atoms with van der Waals surface area (Å²) in [5.41, 5.74) is 1.63. The maximum atomic E-state index is 12.8. The van der Waals surface area contributed by atoms with E-state index in [0.29, 0.717) is 17.3 Å². The van der Waals surface area contributed by atoms with Crippen LogP contribution in [0.3, 0.4) is 0 Å². The van der Waals surface area contributed by atoms with Gasteiger partial charge >= 0.3 is 0 Å². The van der Waals surface area contributed by atoms with E-state index in [1.54, 1.807) is 10.4 Å². The summed E-state index contributed by atoms with van der Waals surface area (Å²) < 4.78 is 27.2. The molecule has 1 aliphatic heterocycles. The number of piperidine rings is 1. The van der Waals surface area contributed by atoms with Crippen molar-refractivity contribution in [1.82, 2.24) is 4.31 Å². The second-order valence-electron chi connectivity index (χ2n) is 5.19. The van der Waals surface area contributed by atoms with Crippen LogP contribution in [0.15, 0.2) is 23.1 Å². The van der Waals surface area contributed by atoms with Crippen LogP contribution < -0.4 is 0 Å². The number of rotatable bonds is 3. The molecule has 1 aromatic carbocycles. The highest BCUT2D eigenvalue weighted by molar-refractivity contribution is 7.89. The van der Waals surface area contributed by atoms with E-state index in [4.69, 9.17) is 11.6 Å². The highest BCUT2D eigenvalue weighted by Crippen LogP contribution is 2.27. The fourth-order valence-corrected chi connectivity index (χ4v) is 4.70. The molecule has 2 rings (SSSR count). The van der Waals surface area contributed by atoms with Crippen molar-refractivity contribution in [3.05, 3.63) is 29.3 Å². The Hall–Kier alpha value is -0.580. The minimum Gasteiger partial charge on any atom is -0.207 e. The lowest BCUT2D eigenvalue weighted by Crippen LogP contribution is -2.42. The van der Waals surface area contributed by atoms with Crippen molar-refractivity contribution in [3.8, 4) is 0 Å². The first kappa shape index (κ1) is 14.8. The third kappa shape index (κ3) is 2.96. The molecule has 1 heterocycles. The summed E-state index contributed by atoms with van der Waals surface area (Å²) in [5.74, 6) is 0.332. The van der Waals surface area contributed by atoms with Crippen molar-refractivity contribution < 1.29 is 8.42 Å². The topological polar surface area (TPSA) is 37.4 Å². The van der Waals surface area contributed by atoms with E-state index in [1.165, 1.54) is 0 Å². The number of benzene rings is 1. The van der Waals surface area contributed by atoms with E-state index in [2.05, 4.69) is 0 Å². The van der Waals surface area contributed by atoms with Crippen LogP contribution in [0.1, 0.15) is 37.3 Å². The molecule has 0 amide bonds. The van der Waals surface area contributed by atoms with E-state index < -0.39 is 10.0 Å². The van der Waals surface area contributed by atoms with Crippen LogP contribution in [-0.4, -0.2) is 25.3 Å². The van der Waals surface area contributed by atoms with Gasteiger partial charge in [-0.15, -0.1) is 11.6 Å². The fourth-order valence-electron chi connectivity index (χ4n) is 2.56. The molecule has 0 saturated carbocycles. The molecule has 0 aromatic heterocycles.